The molecule has 5 heteroatoms. The summed E-state index contributed by atoms with van der Waals surface area (Å²) in [5.41, 5.74) is 4.09. The van der Waals surface area contributed by atoms with Gasteiger partial charge in [-0.05, 0) is 48.5 Å². The number of hydrogen-bond donors (Lipinski definition) is 1. The normalized spacial score (nSPS) is 10.9. The van der Waals surface area contributed by atoms with Crippen molar-refractivity contribution in [2.75, 3.05) is 7.11 Å². The highest BCUT2D eigenvalue weighted by Gasteiger charge is 2.07. The van der Waals surface area contributed by atoms with Crippen molar-refractivity contribution in [2.24, 2.45) is 0 Å². The summed E-state index contributed by atoms with van der Waals surface area (Å²) in [6.07, 6.45) is 1.85. The topological polar surface area (TPSA) is 42.8 Å². The SMILES string of the molecule is COc1cccc(Cn2c(=S)[nH]c3cc(C)cnc32)c1. The fraction of sp³-hybridized carbons (Fsp3) is 0.200. The zero-order chi connectivity index (χ0) is 14.1. The van der Waals surface area contributed by atoms with Crippen LogP contribution in [-0.4, -0.2) is 21.6 Å². The van der Waals surface area contributed by atoms with Crippen molar-refractivity contribution in [3.8, 4) is 5.75 Å². The number of nitrogens with one attached hydrogen (secondary N) is 1. The van der Waals surface area contributed by atoms with Gasteiger partial charge in [-0.25, -0.2) is 4.98 Å². The number of aromatic amines is 1. The lowest BCUT2D eigenvalue weighted by Gasteiger charge is -2.06. The van der Waals surface area contributed by atoms with Gasteiger partial charge < -0.3 is 9.72 Å². The molecular formula is C15H15N3OS. The number of nitrogens with zero attached hydrogens (tertiary/aromatic N) is 2. The highest BCUT2D eigenvalue weighted by atomic mass is 32.1. The summed E-state index contributed by atoms with van der Waals surface area (Å²) in [5, 5.41) is 0. The van der Waals surface area contributed by atoms with Gasteiger partial charge in [0.05, 0.1) is 19.2 Å². The second-order valence-electron chi connectivity index (χ2n) is 4.75. The molecule has 0 fully saturated rings. The molecule has 1 aromatic carbocycles. The van der Waals surface area contributed by atoms with Crippen molar-refractivity contribution in [3.05, 3.63) is 52.4 Å². The van der Waals surface area contributed by atoms with Crippen molar-refractivity contribution in [3.63, 3.8) is 0 Å². The van der Waals surface area contributed by atoms with Gasteiger partial charge in [0.15, 0.2) is 10.4 Å². The van der Waals surface area contributed by atoms with Gasteiger partial charge in [-0.3, -0.25) is 4.57 Å². The first kappa shape index (κ1) is 12.9. The summed E-state index contributed by atoms with van der Waals surface area (Å²) in [4.78, 5) is 7.67. The Bertz CT molecular complexity index is 819. The minimum absolute atomic E-state index is 0.673. The van der Waals surface area contributed by atoms with Gasteiger partial charge in [-0.2, -0.15) is 0 Å². The third kappa shape index (κ3) is 2.32. The van der Waals surface area contributed by atoms with Gasteiger partial charge in [-0.1, -0.05) is 12.1 Å². The average molecular weight is 285 g/mol. The van der Waals surface area contributed by atoms with E-state index in [1.165, 1.54) is 0 Å². The monoisotopic (exact) mass is 285 g/mol. The maximum atomic E-state index is 5.39. The van der Waals surface area contributed by atoms with Crippen LogP contribution in [0.1, 0.15) is 11.1 Å². The summed E-state index contributed by atoms with van der Waals surface area (Å²) in [6.45, 7) is 2.69. The molecule has 0 spiro atoms. The van der Waals surface area contributed by atoms with Gasteiger partial charge in [0.25, 0.3) is 0 Å². The summed E-state index contributed by atoms with van der Waals surface area (Å²) in [7, 11) is 1.67. The quantitative estimate of drug-likeness (QED) is 0.749. The van der Waals surface area contributed by atoms with Crippen molar-refractivity contribution in [1.82, 2.24) is 14.5 Å². The molecule has 102 valence electrons. The van der Waals surface area contributed by atoms with Crippen molar-refractivity contribution >= 4 is 23.4 Å². The largest absolute Gasteiger partial charge is 0.497 e. The first-order valence-electron chi connectivity index (χ1n) is 6.35. The predicted octanol–water partition coefficient (Wildman–Crippen LogP) is 3.46. The molecule has 0 bridgehead atoms. The van der Waals surface area contributed by atoms with Crippen LogP contribution in [0.2, 0.25) is 0 Å². The molecule has 0 saturated carbocycles. The summed E-state index contributed by atoms with van der Waals surface area (Å²) in [6, 6.07) is 10.0. The maximum absolute atomic E-state index is 5.39. The number of aryl methyl sites for hydroxylation is 1. The van der Waals surface area contributed by atoms with E-state index in [0.29, 0.717) is 11.3 Å². The molecule has 0 amide bonds. The maximum Gasteiger partial charge on any atom is 0.179 e. The highest BCUT2D eigenvalue weighted by Crippen LogP contribution is 2.17. The van der Waals surface area contributed by atoms with Crippen LogP contribution in [0.3, 0.4) is 0 Å². The zero-order valence-electron chi connectivity index (χ0n) is 11.4. The van der Waals surface area contributed by atoms with E-state index in [9.17, 15) is 0 Å². The first-order valence-corrected chi connectivity index (χ1v) is 6.76. The minimum Gasteiger partial charge on any atom is -0.497 e. The summed E-state index contributed by atoms with van der Waals surface area (Å²) >= 11 is 5.39. The molecule has 0 aliphatic rings. The van der Waals surface area contributed by atoms with E-state index in [0.717, 1.165) is 28.0 Å². The van der Waals surface area contributed by atoms with Crippen LogP contribution in [0.4, 0.5) is 0 Å². The van der Waals surface area contributed by atoms with E-state index >= 15 is 0 Å². The van der Waals surface area contributed by atoms with Gasteiger partial charge in [0, 0.05) is 6.20 Å². The van der Waals surface area contributed by atoms with Gasteiger partial charge in [0.2, 0.25) is 0 Å². The van der Waals surface area contributed by atoms with Crippen molar-refractivity contribution < 1.29 is 4.74 Å². The van der Waals surface area contributed by atoms with E-state index in [-0.39, 0.29) is 0 Å². The van der Waals surface area contributed by atoms with E-state index < -0.39 is 0 Å². The number of methoxy groups -OCH3 is 1. The second-order valence-corrected chi connectivity index (χ2v) is 5.14. The number of H-pyrrole nitrogens is 1. The predicted molar refractivity (Wildman–Crippen MR) is 81.8 cm³/mol. The number of imidazole rings is 1. The van der Waals surface area contributed by atoms with Crippen LogP contribution in [0.25, 0.3) is 11.2 Å². The Hall–Kier alpha value is -2.14. The Morgan fingerprint density at radius 2 is 2.20 bits per heavy atom. The van der Waals surface area contributed by atoms with Gasteiger partial charge >= 0.3 is 0 Å². The number of fused-ring (bicyclic) bond motifs is 1. The molecule has 3 rings (SSSR count). The number of benzene rings is 1. The van der Waals surface area contributed by atoms with Crippen molar-refractivity contribution in [1.29, 1.82) is 0 Å². The molecule has 0 saturated heterocycles. The van der Waals surface area contributed by atoms with E-state index in [2.05, 4.69) is 22.1 Å². The first-order chi connectivity index (χ1) is 9.67. The van der Waals surface area contributed by atoms with Gasteiger partial charge in [-0.15, -0.1) is 0 Å². The molecule has 2 aromatic heterocycles. The molecule has 20 heavy (non-hydrogen) atoms. The molecule has 0 radical (unpaired) electrons. The Morgan fingerprint density at radius 3 is 3.00 bits per heavy atom. The molecular weight excluding hydrogens is 270 g/mol. The third-order valence-corrected chi connectivity index (χ3v) is 3.54. The lowest BCUT2D eigenvalue weighted by Crippen LogP contribution is -2.01. The van der Waals surface area contributed by atoms with E-state index in [1.54, 1.807) is 7.11 Å². The highest BCUT2D eigenvalue weighted by molar-refractivity contribution is 7.71. The number of aromatic nitrogens is 3. The number of ether oxygens (including phenoxy) is 1. The van der Waals surface area contributed by atoms with Crippen LogP contribution < -0.4 is 4.74 Å². The van der Waals surface area contributed by atoms with Crippen molar-refractivity contribution in [2.45, 2.75) is 13.5 Å². The number of rotatable bonds is 3. The summed E-state index contributed by atoms with van der Waals surface area (Å²) in [5.74, 6) is 0.845. The zero-order valence-corrected chi connectivity index (χ0v) is 12.2. The Morgan fingerprint density at radius 1 is 1.35 bits per heavy atom. The number of pyridine rings is 1. The fourth-order valence-corrected chi connectivity index (χ4v) is 2.51. The molecule has 0 unspecified atom stereocenters. The fourth-order valence-electron chi connectivity index (χ4n) is 2.25. The molecule has 0 atom stereocenters. The van der Waals surface area contributed by atoms with E-state index in [4.69, 9.17) is 17.0 Å². The van der Waals surface area contributed by atoms with Crippen LogP contribution in [0.5, 0.6) is 5.75 Å². The van der Waals surface area contributed by atoms with E-state index in [1.807, 2.05) is 35.9 Å². The standard InChI is InChI=1S/C15H15N3OS/c1-10-6-13-14(16-8-10)18(15(20)17-13)9-11-4-3-5-12(7-11)19-2/h3-8H,9H2,1-2H3,(H,17,20). The Balaban J connectivity index is 2.06. The lowest BCUT2D eigenvalue weighted by atomic mass is 10.2. The average Bonchev–Trinajstić information content (AvgIpc) is 2.74. The Labute approximate surface area is 122 Å². The molecule has 4 nitrogen and oxygen atoms in total. The molecule has 1 N–H and O–H groups in total. The minimum atomic E-state index is 0.673. The number of hydrogen-bond acceptors (Lipinski definition) is 3. The van der Waals surface area contributed by atoms with Crippen LogP contribution >= 0.6 is 12.2 Å². The van der Waals surface area contributed by atoms with Crippen LogP contribution in [-0.2, 0) is 6.54 Å². The second kappa shape index (κ2) is 5.09. The van der Waals surface area contributed by atoms with Crippen LogP contribution in [0.15, 0.2) is 36.5 Å². The molecule has 0 aliphatic heterocycles. The molecule has 2 heterocycles. The molecule has 3 aromatic rings. The smallest absolute Gasteiger partial charge is 0.179 e. The molecule has 0 aliphatic carbocycles. The summed E-state index contributed by atoms with van der Waals surface area (Å²) < 4.78 is 7.93. The van der Waals surface area contributed by atoms with Crippen LogP contribution in [0, 0.1) is 11.7 Å². The lowest BCUT2D eigenvalue weighted by molar-refractivity contribution is 0.414. The Kier molecular flexibility index (Phi) is 3.28. The van der Waals surface area contributed by atoms with Gasteiger partial charge in [0.1, 0.15) is 5.75 Å². The third-order valence-electron chi connectivity index (χ3n) is 3.22.